The average Bonchev–Trinajstić information content (AvgIpc) is 2.82. The number of rotatable bonds is 3. The topological polar surface area (TPSA) is 80.5 Å². The van der Waals surface area contributed by atoms with Crippen LogP contribution in [0.2, 0.25) is 0 Å². The molecule has 3 rings (SSSR count). The van der Waals surface area contributed by atoms with E-state index in [4.69, 9.17) is 0 Å². The summed E-state index contributed by atoms with van der Waals surface area (Å²) in [6.45, 7) is 0. The number of carbonyl (C=O) groups is 2. The third kappa shape index (κ3) is 2.87. The van der Waals surface area contributed by atoms with Crippen LogP contribution in [-0.2, 0) is 9.59 Å². The number of nitro benzene ring substituents is 1. The lowest BCUT2D eigenvalue weighted by atomic mass is 10.1. The van der Waals surface area contributed by atoms with E-state index in [9.17, 15) is 19.7 Å². The summed E-state index contributed by atoms with van der Waals surface area (Å²) in [6.07, 6.45) is 1.61. The van der Waals surface area contributed by atoms with Crippen molar-refractivity contribution >= 4 is 29.3 Å². The molecule has 1 aliphatic rings. The minimum absolute atomic E-state index is 0.0186. The first-order valence-corrected chi connectivity index (χ1v) is 6.93. The lowest BCUT2D eigenvalue weighted by molar-refractivity contribution is -0.384. The highest BCUT2D eigenvalue weighted by molar-refractivity contribution is 6.29. The Labute approximate surface area is 131 Å². The fourth-order valence-electron chi connectivity index (χ4n) is 2.42. The Hall–Kier alpha value is -3.28. The zero-order chi connectivity index (χ0) is 16.4. The first-order valence-electron chi connectivity index (χ1n) is 6.93. The summed E-state index contributed by atoms with van der Waals surface area (Å²) in [4.78, 5) is 35.8. The molecule has 23 heavy (non-hydrogen) atoms. The second kappa shape index (κ2) is 5.84. The van der Waals surface area contributed by atoms with Gasteiger partial charge in [-0.2, -0.15) is 0 Å². The SMILES string of the molecule is O=C1CC(=Cc2ccc([N+](=O)[O-])cc2)C(=O)N1c1ccccc1. The van der Waals surface area contributed by atoms with Gasteiger partial charge in [0.1, 0.15) is 0 Å². The van der Waals surface area contributed by atoms with Gasteiger partial charge in [0.25, 0.3) is 11.6 Å². The van der Waals surface area contributed by atoms with Crippen LogP contribution in [-0.4, -0.2) is 16.7 Å². The van der Waals surface area contributed by atoms with E-state index >= 15 is 0 Å². The van der Waals surface area contributed by atoms with Gasteiger partial charge < -0.3 is 0 Å². The second-order valence-electron chi connectivity index (χ2n) is 5.06. The number of benzene rings is 2. The minimum atomic E-state index is -0.488. The van der Waals surface area contributed by atoms with Gasteiger partial charge in [-0.05, 0) is 35.9 Å². The van der Waals surface area contributed by atoms with Crippen molar-refractivity contribution in [1.82, 2.24) is 0 Å². The number of hydrogen-bond donors (Lipinski definition) is 0. The molecule has 0 radical (unpaired) electrons. The summed E-state index contributed by atoms with van der Waals surface area (Å²) >= 11 is 0. The van der Waals surface area contributed by atoms with Crippen LogP contribution < -0.4 is 4.90 Å². The van der Waals surface area contributed by atoms with Gasteiger partial charge in [-0.15, -0.1) is 0 Å². The number of para-hydroxylation sites is 1. The first kappa shape index (κ1) is 14.6. The van der Waals surface area contributed by atoms with E-state index in [-0.39, 0.29) is 23.9 Å². The van der Waals surface area contributed by atoms with E-state index in [0.717, 1.165) is 4.90 Å². The summed E-state index contributed by atoms with van der Waals surface area (Å²) < 4.78 is 0. The van der Waals surface area contributed by atoms with Gasteiger partial charge in [-0.3, -0.25) is 19.7 Å². The highest BCUT2D eigenvalue weighted by Gasteiger charge is 2.34. The number of nitrogens with zero attached hydrogens (tertiary/aromatic N) is 2. The summed E-state index contributed by atoms with van der Waals surface area (Å²) in [5, 5.41) is 10.6. The Morgan fingerprint density at radius 2 is 1.65 bits per heavy atom. The van der Waals surface area contributed by atoms with Gasteiger partial charge in [0.05, 0.1) is 17.0 Å². The Balaban J connectivity index is 1.88. The van der Waals surface area contributed by atoms with Gasteiger partial charge >= 0.3 is 0 Å². The van der Waals surface area contributed by atoms with E-state index in [1.54, 1.807) is 42.5 Å². The van der Waals surface area contributed by atoms with Crippen LogP contribution >= 0.6 is 0 Å². The van der Waals surface area contributed by atoms with Crippen LogP contribution in [0.3, 0.4) is 0 Å². The molecule has 114 valence electrons. The number of non-ortho nitro benzene ring substituents is 1. The lowest BCUT2D eigenvalue weighted by Crippen LogP contribution is -2.28. The minimum Gasteiger partial charge on any atom is -0.274 e. The molecular formula is C17H12N2O4. The standard InChI is InChI=1S/C17H12N2O4/c20-16-11-13(10-12-6-8-15(9-7-12)19(22)23)17(21)18(16)14-4-2-1-3-5-14/h1-10H,11H2. The molecule has 0 N–H and O–H groups in total. The molecule has 1 aliphatic heterocycles. The fraction of sp³-hybridized carbons (Fsp3) is 0.0588. The molecular weight excluding hydrogens is 296 g/mol. The summed E-state index contributed by atoms with van der Waals surface area (Å²) in [5.41, 5.74) is 1.52. The Kier molecular flexibility index (Phi) is 3.72. The number of carbonyl (C=O) groups excluding carboxylic acids is 2. The zero-order valence-corrected chi connectivity index (χ0v) is 12.0. The van der Waals surface area contributed by atoms with Crippen molar-refractivity contribution in [2.45, 2.75) is 6.42 Å². The molecule has 1 fully saturated rings. The molecule has 1 heterocycles. The largest absolute Gasteiger partial charge is 0.274 e. The summed E-state index contributed by atoms with van der Waals surface area (Å²) in [5.74, 6) is -0.645. The van der Waals surface area contributed by atoms with E-state index in [2.05, 4.69) is 0 Å². The van der Waals surface area contributed by atoms with E-state index in [1.165, 1.54) is 12.1 Å². The Morgan fingerprint density at radius 3 is 2.26 bits per heavy atom. The predicted molar refractivity (Wildman–Crippen MR) is 84.6 cm³/mol. The van der Waals surface area contributed by atoms with Crippen LogP contribution in [0.5, 0.6) is 0 Å². The van der Waals surface area contributed by atoms with Crippen LogP contribution in [0.15, 0.2) is 60.2 Å². The van der Waals surface area contributed by atoms with Crippen molar-refractivity contribution in [3.05, 3.63) is 75.8 Å². The second-order valence-corrected chi connectivity index (χ2v) is 5.06. The molecule has 2 amide bonds. The van der Waals surface area contributed by atoms with Gasteiger partial charge in [-0.25, -0.2) is 4.90 Å². The van der Waals surface area contributed by atoms with E-state index < -0.39 is 4.92 Å². The maximum atomic E-state index is 12.4. The highest BCUT2D eigenvalue weighted by Crippen LogP contribution is 2.27. The van der Waals surface area contributed by atoms with Crippen LogP contribution in [0.25, 0.3) is 6.08 Å². The van der Waals surface area contributed by atoms with Crippen molar-refractivity contribution in [2.24, 2.45) is 0 Å². The average molecular weight is 308 g/mol. The highest BCUT2D eigenvalue weighted by atomic mass is 16.6. The summed E-state index contributed by atoms with van der Waals surface area (Å²) in [6, 6.07) is 14.5. The molecule has 0 aliphatic carbocycles. The molecule has 0 unspecified atom stereocenters. The van der Waals surface area contributed by atoms with Gasteiger partial charge in [-0.1, -0.05) is 18.2 Å². The monoisotopic (exact) mass is 308 g/mol. The molecule has 0 aromatic heterocycles. The van der Waals surface area contributed by atoms with Crippen LogP contribution in [0.4, 0.5) is 11.4 Å². The maximum absolute atomic E-state index is 12.4. The van der Waals surface area contributed by atoms with Gasteiger partial charge in [0.15, 0.2) is 0 Å². The molecule has 0 saturated carbocycles. The Bertz CT molecular complexity index is 810. The van der Waals surface area contributed by atoms with Crippen molar-refractivity contribution in [3.63, 3.8) is 0 Å². The van der Waals surface area contributed by atoms with Crippen molar-refractivity contribution in [1.29, 1.82) is 0 Å². The normalized spacial score (nSPS) is 16.2. The molecule has 1 saturated heterocycles. The number of anilines is 1. The van der Waals surface area contributed by atoms with Crippen molar-refractivity contribution in [2.75, 3.05) is 4.90 Å². The molecule has 0 atom stereocenters. The molecule has 0 bridgehead atoms. The van der Waals surface area contributed by atoms with Crippen molar-refractivity contribution in [3.8, 4) is 0 Å². The number of hydrogen-bond acceptors (Lipinski definition) is 4. The van der Waals surface area contributed by atoms with Gasteiger partial charge in [0.2, 0.25) is 5.91 Å². The fourth-order valence-corrected chi connectivity index (χ4v) is 2.42. The molecule has 2 aromatic carbocycles. The molecule has 2 aromatic rings. The molecule has 6 heteroatoms. The predicted octanol–water partition coefficient (Wildman–Crippen LogP) is 2.94. The zero-order valence-electron chi connectivity index (χ0n) is 12.0. The quantitative estimate of drug-likeness (QED) is 0.378. The smallest absolute Gasteiger partial charge is 0.269 e. The number of amides is 2. The molecule has 6 nitrogen and oxygen atoms in total. The third-order valence-corrected chi connectivity index (χ3v) is 3.53. The third-order valence-electron chi connectivity index (χ3n) is 3.53. The van der Waals surface area contributed by atoms with Crippen LogP contribution in [0, 0.1) is 10.1 Å². The maximum Gasteiger partial charge on any atom is 0.269 e. The van der Waals surface area contributed by atoms with Gasteiger partial charge in [0, 0.05) is 17.7 Å². The van der Waals surface area contributed by atoms with E-state index in [1.807, 2.05) is 6.07 Å². The van der Waals surface area contributed by atoms with E-state index in [0.29, 0.717) is 16.8 Å². The lowest BCUT2D eigenvalue weighted by Gasteiger charge is -2.12. The van der Waals surface area contributed by atoms with Crippen LogP contribution in [0.1, 0.15) is 12.0 Å². The Morgan fingerprint density at radius 1 is 1.00 bits per heavy atom. The summed E-state index contributed by atoms with van der Waals surface area (Å²) in [7, 11) is 0. The number of imide groups is 1. The molecule has 0 spiro atoms. The first-order chi connectivity index (χ1) is 11.1. The number of nitro groups is 1. The van der Waals surface area contributed by atoms with Crippen molar-refractivity contribution < 1.29 is 14.5 Å².